The van der Waals surface area contributed by atoms with Crippen molar-refractivity contribution in [2.24, 2.45) is 0 Å². The topological polar surface area (TPSA) is 55.4 Å². The Balaban J connectivity index is 1.76. The molecule has 0 saturated heterocycles. The summed E-state index contributed by atoms with van der Waals surface area (Å²) < 4.78 is 5.64. The summed E-state index contributed by atoms with van der Waals surface area (Å²) in [5.74, 6) is 0.157. The molecule has 1 N–H and O–H groups in total. The van der Waals surface area contributed by atoms with Crippen molar-refractivity contribution < 1.29 is 14.3 Å². The van der Waals surface area contributed by atoms with Crippen LogP contribution in [0, 0.1) is 0 Å². The van der Waals surface area contributed by atoms with Gasteiger partial charge in [0.05, 0.1) is 5.69 Å². The van der Waals surface area contributed by atoms with Crippen molar-refractivity contribution in [3.8, 4) is 5.75 Å². The number of para-hydroxylation sites is 2. The molecule has 130 valence electrons. The van der Waals surface area contributed by atoms with Gasteiger partial charge in [0.2, 0.25) is 0 Å². The summed E-state index contributed by atoms with van der Waals surface area (Å²) in [5, 5.41) is 2.80. The van der Waals surface area contributed by atoms with E-state index in [2.05, 4.69) is 5.32 Å². The second kappa shape index (κ2) is 8.12. The van der Waals surface area contributed by atoms with Crippen LogP contribution in [0.2, 0.25) is 0 Å². The molecule has 3 aromatic rings. The van der Waals surface area contributed by atoms with Gasteiger partial charge in [-0.2, -0.15) is 0 Å². The Morgan fingerprint density at radius 1 is 0.808 bits per heavy atom. The van der Waals surface area contributed by atoms with Gasteiger partial charge in [-0.15, -0.1) is 0 Å². The van der Waals surface area contributed by atoms with Gasteiger partial charge < -0.3 is 10.1 Å². The molecule has 0 heterocycles. The Morgan fingerprint density at radius 3 is 2.08 bits per heavy atom. The number of carbonyl (C=O) groups is 2. The first-order chi connectivity index (χ1) is 12.6. The molecule has 0 spiro atoms. The van der Waals surface area contributed by atoms with E-state index in [9.17, 15) is 9.59 Å². The minimum atomic E-state index is -0.697. The number of benzene rings is 3. The Kier molecular flexibility index (Phi) is 5.44. The highest BCUT2D eigenvalue weighted by Gasteiger charge is 2.19. The summed E-state index contributed by atoms with van der Waals surface area (Å²) in [5.41, 5.74) is 1.48. The van der Waals surface area contributed by atoms with E-state index >= 15 is 0 Å². The molecule has 0 aromatic heterocycles. The molecule has 1 atom stereocenters. The number of rotatable bonds is 6. The lowest BCUT2D eigenvalue weighted by atomic mass is 10.0. The largest absolute Gasteiger partial charge is 0.481 e. The fourth-order valence-electron chi connectivity index (χ4n) is 2.53. The molecule has 0 aliphatic carbocycles. The summed E-state index contributed by atoms with van der Waals surface area (Å²) in [6, 6.07) is 25.1. The molecule has 3 aromatic carbocycles. The molecule has 3 rings (SSSR count). The summed E-state index contributed by atoms with van der Waals surface area (Å²) in [7, 11) is 0. The van der Waals surface area contributed by atoms with E-state index in [1.54, 1.807) is 55.5 Å². The fourth-order valence-corrected chi connectivity index (χ4v) is 2.53. The third-order valence-corrected chi connectivity index (χ3v) is 3.89. The maximum atomic E-state index is 12.7. The lowest BCUT2D eigenvalue weighted by Gasteiger charge is -2.16. The zero-order valence-corrected chi connectivity index (χ0v) is 14.4. The number of hydrogen-bond donors (Lipinski definition) is 1. The molecule has 4 nitrogen and oxygen atoms in total. The van der Waals surface area contributed by atoms with Crippen molar-refractivity contribution in [1.29, 1.82) is 0 Å². The highest BCUT2D eigenvalue weighted by Crippen LogP contribution is 2.20. The number of hydrogen-bond acceptors (Lipinski definition) is 3. The van der Waals surface area contributed by atoms with E-state index in [0.717, 1.165) is 0 Å². The van der Waals surface area contributed by atoms with E-state index in [0.29, 0.717) is 22.6 Å². The van der Waals surface area contributed by atoms with Gasteiger partial charge in [-0.1, -0.05) is 60.7 Å². The molecule has 0 unspecified atom stereocenters. The minimum Gasteiger partial charge on any atom is -0.481 e. The first-order valence-corrected chi connectivity index (χ1v) is 8.36. The predicted octanol–water partition coefficient (Wildman–Crippen LogP) is 4.32. The van der Waals surface area contributed by atoms with Crippen LogP contribution in [0.4, 0.5) is 5.69 Å². The third-order valence-electron chi connectivity index (χ3n) is 3.89. The van der Waals surface area contributed by atoms with Crippen LogP contribution in [0.15, 0.2) is 84.9 Å². The van der Waals surface area contributed by atoms with Crippen LogP contribution in [0.25, 0.3) is 0 Å². The van der Waals surface area contributed by atoms with Crippen LogP contribution < -0.4 is 10.1 Å². The van der Waals surface area contributed by atoms with E-state index in [1.807, 2.05) is 36.4 Å². The number of ether oxygens (including phenoxy) is 1. The number of anilines is 1. The van der Waals surface area contributed by atoms with E-state index in [4.69, 9.17) is 4.74 Å². The molecule has 0 saturated carbocycles. The monoisotopic (exact) mass is 345 g/mol. The average molecular weight is 345 g/mol. The Hall–Kier alpha value is -3.40. The summed E-state index contributed by atoms with van der Waals surface area (Å²) in [6.45, 7) is 1.67. The second-order valence-electron chi connectivity index (χ2n) is 5.80. The molecule has 0 fully saturated rings. The molecule has 1 amide bonds. The highest BCUT2D eigenvalue weighted by molar-refractivity contribution is 6.14. The number of nitrogens with one attached hydrogen (secondary N) is 1. The molecule has 0 radical (unpaired) electrons. The van der Waals surface area contributed by atoms with Crippen molar-refractivity contribution in [3.05, 3.63) is 96.1 Å². The number of carbonyl (C=O) groups excluding carboxylic acids is 2. The van der Waals surface area contributed by atoms with Crippen molar-refractivity contribution in [2.45, 2.75) is 13.0 Å². The van der Waals surface area contributed by atoms with Crippen molar-refractivity contribution >= 4 is 17.4 Å². The number of amides is 1. The molecular weight excluding hydrogens is 326 g/mol. The van der Waals surface area contributed by atoms with Crippen LogP contribution in [0.1, 0.15) is 22.8 Å². The smallest absolute Gasteiger partial charge is 0.265 e. The zero-order chi connectivity index (χ0) is 18.4. The van der Waals surface area contributed by atoms with Crippen molar-refractivity contribution in [2.75, 3.05) is 5.32 Å². The SMILES string of the molecule is C[C@@H](Oc1ccccc1)C(=O)Nc1ccccc1C(=O)c1ccccc1. The van der Waals surface area contributed by atoms with E-state index in [-0.39, 0.29) is 11.7 Å². The van der Waals surface area contributed by atoms with Crippen LogP contribution in [0.3, 0.4) is 0 Å². The Labute approximate surface area is 152 Å². The zero-order valence-electron chi connectivity index (χ0n) is 14.4. The lowest BCUT2D eigenvalue weighted by molar-refractivity contribution is -0.122. The van der Waals surface area contributed by atoms with Gasteiger partial charge in [0.15, 0.2) is 11.9 Å². The summed E-state index contributed by atoms with van der Waals surface area (Å²) >= 11 is 0. The average Bonchev–Trinajstić information content (AvgIpc) is 2.69. The van der Waals surface area contributed by atoms with Crippen molar-refractivity contribution in [1.82, 2.24) is 0 Å². The maximum absolute atomic E-state index is 12.7. The summed E-state index contributed by atoms with van der Waals surface area (Å²) in [4.78, 5) is 25.2. The van der Waals surface area contributed by atoms with Gasteiger partial charge in [0, 0.05) is 11.1 Å². The standard InChI is InChI=1S/C22H19NO3/c1-16(26-18-12-6-3-7-13-18)22(25)23-20-15-9-8-14-19(20)21(24)17-10-4-2-5-11-17/h2-16H,1H3,(H,23,25)/t16-/m1/s1. The molecule has 0 aliphatic rings. The van der Waals surface area contributed by atoms with Crippen molar-refractivity contribution in [3.63, 3.8) is 0 Å². The third kappa shape index (κ3) is 4.16. The van der Waals surface area contributed by atoms with Gasteiger partial charge in [0.25, 0.3) is 5.91 Å². The Bertz CT molecular complexity index is 892. The first-order valence-electron chi connectivity index (χ1n) is 8.36. The van der Waals surface area contributed by atoms with Gasteiger partial charge in [-0.05, 0) is 31.2 Å². The molecule has 0 bridgehead atoms. The minimum absolute atomic E-state index is 0.141. The van der Waals surface area contributed by atoms with Crippen LogP contribution in [-0.4, -0.2) is 17.8 Å². The van der Waals surface area contributed by atoms with Gasteiger partial charge >= 0.3 is 0 Å². The lowest BCUT2D eigenvalue weighted by Crippen LogP contribution is -2.30. The van der Waals surface area contributed by atoms with Gasteiger partial charge in [-0.3, -0.25) is 9.59 Å². The summed E-state index contributed by atoms with van der Waals surface area (Å²) in [6.07, 6.45) is -0.697. The molecule has 26 heavy (non-hydrogen) atoms. The van der Waals surface area contributed by atoms with Crippen LogP contribution in [-0.2, 0) is 4.79 Å². The molecule has 4 heteroatoms. The van der Waals surface area contributed by atoms with Crippen LogP contribution in [0.5, 0.6) is 5.75 Å². The van der Waals surface area contributed by atoms with E-state index in [1.165, 1.54) is 0 Å². The second-order valence-corrected chi connectivity index (χ2v) is 5.80. The first kappa shape index (κ1) is 17.4. The van der Waals surface area contributed by atoms with Crippen LogP contribution >= 0.6 is 0 Å². The number of ketones is 1. The molecular formula is C22H19NO3. The highest BCUT2D eigenvalue weighted by atomic mass is 16.5. The van der Waals surface area contributed by atoms with E-state index < -0.39 is 6.10 Å². The van der Waals surface area contributed by atoms with Gasteiger partial charge in [-0.25, -0.2) is 0 Å². The maximum Gasteiger partial charge on any atom is 0.265 e. The predicted molar refractivity (Wildman–Crippen MR) is 101 cm³/mol. The quantitative estimate of drug-likeness (QED) is 0.677. The fraction of sp³-hybridized carbons (Fsp3) is 0.0909. The Morgan fingerprint density at radius 2 is 1.38 bits per heavy atom. The normalized spacial score (nSPS) is 11.4. The molecule has 0 aliphatic heterocycles. The van der Waals surface area contributed by atoms with Gasteiger partial charge in [0.1, 0.15) is 5.75 Å².